The van der Waals surface area contributed by atoms with E-state index in [9.17, 15) is 9.59 Å². The Morgan fingerprint density at radius 1 is 1.23 bits per heavy atom. The summed E-state index contributed by atoms with van der Waals surface area (Å²) in [5.74, 6) is -0.826. The van der Waals surface area contributed by atoms with E-state index in [-0.39, 0.29) is 18.1 Å². The molecule has 1 unspecified atom stereocenters. The maximum Gasteiger partial charge on any atom is 0.316 e. The highest BCUT2D eigenvalue weighted by atomic mass is 32.1. The van der Waals surface area contributed by atoms with Crippen molar-refractivity contribution in [3.8, 4) is 0 Å². The van der Waals surface area contributed by atoms with Crippen LogP contribution in [-0.4, -0.2) is 36.2 Å². The molecule has 0 radical (unpaired) electrons. The zero-order valence-electron chi connectivity index (χ0n) is 7.23. The van der Waals surface area contributed by atoms with Crippen LogP contribution in [0, 0.1) is 0 Å². The van der Waals surface area contributed by atoms with E-state index in [0.29, 0.717) is 0 Å². The molecule has 0 amide bonds. The Kier molecular flexibility index (Phi) is 6.89. The zero-order valence-corrected chi connectivity index (χ0v) is 9.01. The molecule has 6 heteroatoms. The first-order chi connectivity index (χ1) is 6.10. The maximum absolute atomic E-state index is 10.7. The molecule has 0 heterocycles. The summed E-state index contributed by atoms with van der Waals surface area (Å²) in [4.78, 5) is 21.3. The molecule has 0 rings (SSSR count). The molecule has 13 heavy (non-hydrogen) atoms. The predicted molar refractivity (Wildman–Crippen MR) is 54.2 cm³/mol. The maximum atomic E-state index is 10.7. The van der Waals surface area contributed by atoms with E-state index in [4.69, 9.17) is 4.74 Å². The quantitative estimate of drug-likeness (QED) is 0.521. The van der Waals surface area contributed by atoms with Crippen LogP contribution in [0.3, 0.4) is 0 Å². The van der Waals surface area contributed by atoms with Crippen LogP contribution in [0.25, 0.3) is 0 Å². The molecule has 0 aliphatic carbocycles. The van der Waals surface area contributed by atoms with Gasteiger partial charge in [0.1, 0.15) is 12.7 Å². The number of rotatable bonds is 5. The molecule has 0 aromatic rings. The van der Waals surface area contributed by atoms with Crippen LogP contribution in [0.4, 0.5) is 0 Å². The molecular weight excluding hydrogens is 212 g/mol. The number of carbonyl (C=O) groups is 2. The van der Waals surface area contributed by atoms with Crippen molar-refractivity contribution in [1.82, 2.24) is 0 Å². The highest BCUT2D eigenvalue weighted by Crippen LogP contribution is 1.95. The van der Waals surface area contributed by atoms with E-state index in [0.717, 1.165) is 0 Å². The van der Waals surface area contributed by atoms with Gasteiger partial charge in [0.25, 0.3) is 0 Å². The summed E-state index contributed by atoms with van der Waals surface area (Å²) in [7, 11) is 0. The van der Waals surface area contributed by atoms with Gasteiger partial charge in [-0.1, -0.05) is 0 Å². The Labute approximate surface area is 87.8 Å². The lowest BCUT2D eigenvalue weighted by atomic mass is 10.4. The lowest BCUT2D eigenvalue weighted by Crippen LogP contribution is -2.23. The van der Waals surface area contributed by atoms with Gasteiger partial charge in [-0.2, -0.15) is 25.3 Å². The fraction of sp³-hybridized carbons (Fsp3) is 0.714. The molecule has 1 atom stereocenters. The van der Waals surface area contributed by atoms with Crippen molar-refractivity contribution < 1.29 is 19.1 Å². The van der Waals surface area contributed by atoms with E-state index in [1.54, 1.807) is 6.92 Å². The average Bonchev–Trinajstić information content (AvgIpc) is 2.13. The van der Waals surface area contributed by atoms with Crippen LogP contribution in [0.1, 0.15) is 6.92 Å². The minimum Gasteiger partial charge on any atom is -0.461 e. The summed E-state index contributed by atoms with van der Waals surface area (Å²) in [5.41, 5.74) is 0. The highest BCUT2D eigenvalue weighted by Gasteiger charge is 2.09. The minimum absolute atomic E-state index is 0.0187. The summed E-state index contributed by atoms with van der Waals surface area (Å²) in [5, 5.41) is 0. The van der Waals surface area contributed by atoms with Gasteiger partial charge < -0.3 is 9.47 Å². The van der Waals surface area contributed by atoms with Gasteiger partial charge in [0.2, 0.25) is 0 Å². The first-order valence-electron chi connectivity index (χ1n) is 3.67. The van der Waals surface area contributed by atoms with E-state index < -0.39 is 18.0 Å². The number of ether oxygens (including phenoxy) is 2. The van der Waals surface area contributed by atoms with Gasteiger partial charge in [0.05, 0.1) is 11.5 Å². The molecule has 76 valence electrons. The smallest absolute Gasteiger partial charge is 0.316 e. The third-order valence-electron chi connectivity index (χ3n) is 1.07. The summed E-state index contributed by atoms with van der Waals surface area (Å²) >= 11 is 7.43. The molecule has 0 bridgehead atoms. The highest BCUT2D eigenvalue weighted by molar-refractivity contribution is 7.81. The topological polar surface area (TPSA) is 52.6 Å². The van der Waals surface area contributed by atoms with Crippen LogP contribution >= 0.6 is 25.3 Å². The average molecular weight is 224 g/mol. The van der Waals surface area contributed by atoms with Crippen molar-refractivity contribution in [1.29, 1.82) is 0 Å². The van der Waals surface area contributed by atoms with Crippen LogP contribution in [-0.2, 0) is 19.1 Å². The molecule has 0 saturated heterocycles. The minimum atomic E-state index is -0.441. The Morgan fingerprint density at radius 2 is 1.77 bits per heavy atom. The van der Waals surface area contributed by atoms with Crippen LogP contribution in [0.5, 0.6) is 0 Å². The molecule has 0 aliphatic heterocycles. The Morgan fingerprint density at radius 3 is 2.23 bits per heavy atom. The zero-order chi connectivity index (χ0) is 10.3. The summed E-state index contributed by atoms with van der Waals surface area (Å²) in [6.07, 6.45) is -0.441. The lowest BCUT2D eigenvalue weighted by molar-refractivity contribution is -0.154. The second-order valence-corrected chi connectivity index (χ2v) is 2.93. The fourth-order valence-electron chi connectivity index (χ4n) is 0.552. The van der Waals surface area contributed by atoms with E-state index in [1.807, 2.05) is 0 Å². The molecule has 0 aromatic carbocycles. The molecule has 0 saturated carbocycles. The Hall–Kier alpha value is -0.360. The Balaban J connectivity index is 3.56. The van der Waals surface area contributed by atoms with Crippen LogP contribution in [0.2, 0.25) is 0 Å². The Bertz CT molecular complexity index is 183. The number of hydrogen-bond acceptors (Lipinski definition) is 6. The van der Waals surface area contributed by atoms with Gasteiger partial charge in [0.15, 0.2) is 0 Å². The fourth-order valence-corrected chi connectivity index (χ4v) is 0.717. The monoisotopic (exact) mass is 224 g/mol. The van der Waals surface area contributed by atoms with Crippen molar-refractivity contribution in [2.75, 3.05) is 18.1 Å². The summed E-state index contributed by atoms with van der Waals surface area (Å²) in [6, 6.07) is 0. The lowest BCUT2D eigenvalue weighted by Gasteiger charge is -2.11. The number of esters is 2. The van der Waals surface area contributed by atoms with Crippen molar-refractivity contribution in [2.45, 2.75) is 13.0 Å². The molecule has 0 fully saturated rings. The van der Waals surface area contributed by atoms with Gasteiger partial charge in [-0.05, 0) is 6.92 Å². The molecule has 0 aromatic heterocycles. The third kappa shape index (κ3) is 6.77. The standard InChI is InChI=1S/C7H12O4S2/c1-5(11-7(9)4-13)2-10-6(8)3-12/h5,12-13H,2-4H2,1H3. The van der Waals surface area contributed by atoms with Crippen molar-refractivity contribution in [3.05, 3.63) is 0 Å². The molecule has 4 nitrogen and oxygen atoms in total. The summed E-state index contributed by atoms with van der Waals surface area (Å²) in [6.45, 7) is 1.69. The van der Waals surface area contributed by atoms with Gasteiger partial charge in [-0.15, -0.1) is 0 Å². The van der Waals surface area contributed by atoms with E-state index in [2.05, 4.69) is 30.0 Å². The second-order valence-electron chi connectivity index (χ2n) is 2.30. The molecule has 0 N–H and O–H groups in total. The molecular formula is C7H12O4S2. The largest absolute Gasteiger partial charge is 0.461 e. The van der Waals surface area contributed by atoms with Crippen LogP contribution < -0.4 is 0 Å². The van der Waals surface area contributed by atoms with Crippen LogP contribution in [0.15, 0.2) is 0 Å². The first-order valence-corrected chi connectivity index (χ1v) is 4.93. The normalized spacial score (nSPS) is 11.9. The van der Waals surface area contributed by atoms with E-state index >= 15 is 0 Å². The molecule has 0 spiro atoms. The van der Waals surface area contributed by atoms with Crippen molar-refractivity contribution >= 4 is 37.2 Å². The van der Waals surface area contributed by atoms with Gasteiger partial charge in [-0.3, -0.25) is 9.59 Å². The third-order valence-corrected chi connectivity index (χ3v) is 1.59. The van der Waals surface area contributed by atoms with Crippen molar-refractivity contribution in [3.63, 3.8) is 0 Å². The summed E-state index contributed by atoms with van der Waals surface area (Å²) < 4.78 is 9.46. The SMILES string of the molecule is CC(COC(=O)CS)OC(=O)CS. The predicted octanol–water partition coefficient (Wildman–Crippen LogP) is 0.321. The molecule has 0 aliphatic rings. The van der Waals surface area contributed by atoms with Crippen molar-refractivity contribution in [2.24, 2.45) is 0 Å². The first kappa shape index (κ1) is 12.6. The van der Waals surface area contributed by atoms with E-state index in [1.165, 1.54) is 0 Å². The number of hydrogen-bond donors (Lipinski definition) is 2. The van der Waals surface area contributed by atoms with Gasteiger partial charge in [-0.25, -0.2) is 0 Å². The second kappa shape index (κ2) is 7.08. The van der Waals surface area contributed by atoms with Gasteiger partial charge >= 0.3 is 11.9 Å². The number of thiol groups is 2. The number of carbonyl (C=O) groups excluding carboxylic acids is 2. The van der Waals surface area contributed by atoms with Gasteiger partial charge in [0, 0.05) is 0 Å².